The van der Waals surface area contributed by atoms with Gasteiger partial charge in [0, 0.05) is 0 Å². The molecule has 0 saturated heterocycles. The van der Waals surface area contributed by atoms with Gasteiger partial charge in [-0.05, 0) is 43.8 Å². The molecule has 0 bridgehead atoms. The maximum atomic E-state index is 5.87. The number of aromatic nitrogens is 1. The number of aryl methyl sites for hydroxylation is 3. The quantitative estimate of drug-likeness (QED) is 0.686. The lowest BCUT2D eigenvalue weighted by Gasteiger charge is -2.08. The lowest BCUT2D eigenvalue weighted by Crippen LogP contribution is -1.99. The topological polar surface area (TPSA) is 35.3 Å². The molecule has 3 rings (SSSR count). The summed E-state index contributed by atoms with van der Waals surface area (Å²) < 4.78 is 11.6. The zero-order valence-corrected chi connectivity index (χ0v) is 13.2. The van der Waals surface area contributed by atoms with E-state index in [4.69, 9.17) is 9.15 Å². The fourth-order valence-electron chi connectivity index (χ4n) is 2.17. The van der Waals surface area contributed by atoms with Crippen molar-refractivity contribution < 1.29 is 9.15 Å². The molecule has 108 valence electrons. The van der Waals surface area contributed by atoms with Crippen molar-refractivity contribution in [2.24, 2.45) is 0 Å². The van der Waals surface area contributed by atoms with E-state index < -0.39 is 0 Å². The molecule has 0 atom stereocenters. The second-order valence-electron chi connectivity index (χ2n) is 5.06. The molecular weight excluding hydrogens is 282 g/mol. The average Bonchev–Trinajstić information content (AvgIpc) is 3.07. The van der Waals surface area contributed by atoms with Crippen LogP contribution < -0.4 is 4.74 Å². The molecule has 1 aromatic carbocycles. The largest absolute Gasteiger partial charge is 0.487 e. The average molecular weight is 299 g/mol. The first-order chi connectivity index (χ1) is 10.1. The molecule has 0 spiro atoms. The number of thiophene rings is 1. The summed E-state index contributed by atoms with van der Waals surface area (Å²) in [5, 5.41) is 2.01. The second-order valence-corrected chi connectivity index (χ2v) is 6.00. The Hall–Kier alpha value is -2.07. The van der Waals surface area contributed by atoms with Gasteiger partial charge in [0.25, 0.3) is 0 Å². The molecule has 4 heteroatoms. The van der Waals surface area contributed by atoms with Crippen LogP contribution in [-0.2, 0) is 6.61 Å². The number of benzene rings is 1. The highest BCUT2D eigenvalue weighted by atomic mass is 32.1. The molecule has 3 aromatic rings. The molecule has 0 amide bonds. The van der Waals surface area contributed by atoms with E-state index in [0.29, 0.717) is 12.5 Å². The molecule has 0 aliphatic rings. The molecule has 0 radical (unpaired) electrons. The maximum absolute atomic E-state index is 5.87. The second kappa shape index (κ2) is 5.74. The highest BCUT2D eigenvalue weighted by Gasteiger charge is 2.13. The predicted molar refractivity (Wildman–Crippen MR) is 84.8 cm³/mol. The molecule has 0 aliphatic carbocycles. The van der Waals surface area contributed by atoms with Crippen molar-refractivity contribution in [1.29, 1.82) is 0 Å². The van der Waals surface area contributed by atoms with Crippen LogP contribution in [0.5, 0.6) is 5.75 Å². The van der Waals surface area contributed by atoms with Crippen molar-refractivity contribution in [1.82, 2.24) is 4.98 Å². The third-order valence-corrected chi connectivity index (χ3v) is 4.18. The Labute approximate surface area is 128 Å². The highest BCUT2D eigenvalue weighted by Crippen LogP contribution is 2.27. The molecule has 21 heavy (non-hydrogen) atoms. The fraction of sp³-hybridized carbons (Fsp3) is 0.235. The SMILES string of the molecule is Cc1ccc(OCc2nc(-c3cccs3)oc2C)c(C)c1. The van der Waals surface area contributed by atoms with Crippen molar-refractivity contribution >= 4 is 11.3 Å². The Balaban J connectivity index is 1.76. The summed E-state index contributed by atoms with van der Waals surface area (Å²) in [6.45, 7) is 6.47. The van der Waals surface area contributed by atoms with E-state index in [1.54, 1.807) is 11.3 Å². The van der Waals surface area contributed by atoms with Gasteiger partial charge in [0.1, 0.15) is 23.8 Å². The van der Waals surface area contributed by atoms with Gasteiger partial charge in [-0.3, -0.25) is 0 Å². The van der Waals surface area contributed by atoms with Gasteiger partial charge < -0.3 is 9.15 Å². The van der Waals surface area contributed by atoms with Crippen molar-refractivity contribution in [2.45, 2.75) is 27.4 Å². The Morgan fingerprint density at radius 1 is 1.19 bits per heavy atom. The number of rotatable bonds is 4. The van der Waals surface area contributed by atoms with E-state index >= 15 is 0 Å². The van der Waals surface area contributed by atoms with E-state index in [2.05, 4.69) is 31.0 Å². The molecule has 0 aliphatic heterocycles. The molecule has 3 nitrogen and oxygen atoms in total. The summed E-state index contributed by atoms with van der Waals surface area (Å²) in [5.74, 6) is 2.37. The van der Waals surface area contributed by atoms with Gasteiger partial charge >= 0.3 is 0 Å². The summed E-state index contributed by atoms with van der Waals surface area (Å²) in [6, 6.07) is 10.2. The van der Waals surface area contributed by atoms with Gasteiger partial charge in [-0.2, -0.15) is 0 Å². The summed E-state index contributed by atoms with van der Waals surface area (Å²) in [7, 11) is 0. The van der Waals surface area contributed by atoms with Crippen LogP contribution in [0.2, 0.25) is 0 Å². The van der Waals surface area contributed by atoms with Crippen molar-refractivity contribution in [3.8, 4) is 16.5 Å². The third kappa shape index (κ3) is 3.00. The highest BCUT2D eigenvalue weighted by molar-refractivity contribution is 7.13. The number of nitrogens with zero attached hydrogens (tertiary/aromatic N) is 1. The van der Waals surface area contributed by atoms with Crippen LogP contribution in [0.3, 0.4) is 0 Å². The Morgan fingerprint density at radius 2 is 2.05 bits per heavy atom. The van der Waals surface area contributed by atoms with Gasteiger partial charge in [-0.1, -0.05) is 23.8 Å². The van der Waals surface area contributed by atoms with Gasteiger partial charge in [0.15, 0.2) is 0 Å². The summed E-state index contributed by atoms with van der Waals surface area (Å²) in [5.41, 5.74) is 3.21. The number of ether oxygens (including phenoxy) is 1. The van der Waals surface area contributed by atoms with Crippen molar-refractivity contribution in [3.63, 3.8) is 0 Å². The van der Waals surface area contributed by atoms with Gasteiger partial charge in [-0.25, -0.2) is 4.98 Å². The lowest BCUT2D eigenvalue weighted by molar-refractivity contribution is 0.297. The van der Waals surface area contributed by atoms with Crippen molar-refractivity contribution in [3.05, 3.63) is 58.3 Å². The minimum absolute atomic E-state index is 0.421. The minimum Gasteiger partial charge on any atom is -0.487 e. The van der Waals surface area contributed by atoms with Crippen LogP contribution in [0.25, 0.3) is 10.8 Å². The molecule has 0 saturated carbocycles. The van der Waals surface area contributed by atoms with Crippen LogP contribution in [0, 0.1) is 20.8 Å². The summed E-state index contributed by atoms with van der Waals surface area (Å²) in [6.07, 6.45) is 0. The van der Waals surface area contributed by atoms with Crippen LogP contribution >= 0.6 is 11.3 Å². The first kappa shape index (κ1) is 13.9. The van der Waals surface area contributed by atoms with E-state index in [9.17, 15) is 0 Å². The third-order valence-electron chi connectivity index (χ3n) is 3.32. The standard InChI is InChI=1S/C17H17NO2S/c1-11-6-7-15(12(2)9-11)19-10-14-13(3)20-17(18-14)16-5-4-8-21-16/h4-9H,10H2,1-3H3. The molecule has 0 fully saturated rings. The number of hydrogen-bond acceptors (Lipinski definition) is 4. The van der Waals surface area contributed by atoms with Crippen molar-refractivity contribution in [2.75, 3.05) is 0 Å². The Kier molecular flexibility index (Phi) is 3.80. The van der Waals surface area contributed by atoms with Gasteiger partial charge in [-0.15, -0.1) is 11.3 Å². The molecular formula is C17H17NO2S. The van der Waals surface area contributed by atoms with Gasteiger partial charge in [0.2, 0.25) is 5.89 Å². The van der Waals surface area contributed by atoms with Crippen LogP contribution in [-0.4, -0.2) is 4.98 Å². The monoisotopic (exact) mass is 299 g/mol. The van der Waals surface area contributed by atoms with Crippen LogP contribution in [0.1, 0.15) is 22.6 Å². The zero-order chi connectivity index (χ0) is 14.8. The van der Waals surface area contributed by atoms with Gasteiger partial charge in [0.05, 0.1) is 4.88 Å². The first-order valence-electron chi connectivity index (χ1n) is 6.84. The van der Waals surface area contributed by atoms with E-state index in [0.717, 1.165) is 27.6 Å². The Bertz CT molecular complexity index is 744. The number of hydrogen-bond donors (Lipinski definition) is 0. The summed E-state index contributed by atoms with van der Waals surface area (Å²) >= 11 is 1.62. The Morgan fingerprint density at radius 3 is 2.76 bits per heavy atom. The number of oxazole rings is 1. The van der Waals surface area contributed by atoms with E-state index in [1.807, 2.05) is 30.5 Å². The molecule has 2 heterocycles. The van der Waals surface area contributed by atoms with Crippen LogP contribution in [0.4, 0.5) is 0 Å². The maximum Gasteiger partial charge on any atom is 0.236 e. The molecule has 2 aromatic heterocycles. The first-order valence-corrected chi connectivity index (χ1v) is 7.71. The van der Waals surface area contributed by atoms with E-state index in [-0.39, 0.29) is 0 Å². The normalized spacial score (nSPS) is 10.8. The summed E-state index contributed by atoms with van der Waals surface area (Å²) in [4.78, 5) is 5.57. The fourth-order valence-corrected chi connectivity index (χ4v) is 2.82. The minimum atomic E-state index is 0.421. The zero-order valence-electron chi connectivity index (χ0n) is 12.3. The molecule has 0 N–H and O–H groups in total. The smallest absolute Gasteiger partial charge is 0.236 e. The van der Waals surface area contributed by atoms with Crippen LogP contribution in [0.15, 0.2) is 40.1 Å². The molecule has 0 unspecified atom stereocenters. The van der Waals surface area contributed by atoms with E-state index in [1.165, 1.54) is 5.56 Å². The predicted octanol–water partition coefficient (Wildman–Crippen LogP) is 4.91. The lowest BCUT2D eigenvalue weighted by atomic mass is 10.1.